The van der Waals surface area contributed by atoms with Crippen molar-refractivity contribution in [3.8, 4) is 0 Å². The molecular weight excluding hydrogens is 210 g/mol. The zero-order valence-electron chi connectivity index (χ0n) is 9.99. The molecule has 0 heterocycles. The van der Waals surface area contributed by atoms with Crippen molar-refractivity contribution in [3.05, 3.63) is 0 Å². The van der Waals surface area contributed by atoms with E-state index in [1.807, 2.05) is 0 Å². The van der Waals surface area contributed by atoms with Gasteiger partial charge in [0.05, 0.1) is 0 Å². The molecule has 15 heavy (non-hydrogen) atoms. The monoisotopic (exact) mass is 233 g/mol. The minimum Gasteiger partial charge on any atom is -0.355 e. The highest BCUT2D eigenvalue weighted by atomic mass is 32.2. The van der Waals surface area contributed by atoms with Crippen molar-refractivity contribution in [2.75, 3.05) is 26.5 Å². The van der Waals surface area contributed by atoms with Gasteiger partial charge in [-0.15, -0.1) is 0 Å². The number of hydrogen-bond donors (Lipinski definition) is 1. The molecule has 4 heteroatoms. The van der Waals surface area contributed by atoms with Gasteiger partial charge in [0.2, 0.25) is 0 Å². The molecule has 0 bridgehead atoms. The fourth-order valence-corrected chi connectivity index (χ4v) is 3.31. The average molecular weight is 233 g/mol. The molecule has 90 valence electrons. The van der Waals surface area contributed by atoms with Gasteiger partial charge in [-0.3, -0.25) is 0 Å². The molecule has 0 aliphatic heterocycles. The van der Waals surface area contributed by atoms with Crippen LogP contribution in [0.3, 0.4) is 0 Å². The van der Waals surface area contributed by atoms with E-state index in [1.54, 1.807) is 14.2 Å². The van der Waals surface area contributed by atoms with E-state index >= 15 is 0 Å². The minimum atomic E-state index is -0.113. The molecule has 0 unspecified atom stereocenters. The molecule has 0 radical (unpaired) electrons. The second-order valence-electron chi connectivity index (χ2n) is 3.84. The molecule has 2 atom stereocenters. The predicted molar refractivity (Wildman–Crippen MR) is 65.4 cm³/mol. The van der Waals surface area contributed by atoms with Gasteiger partial charge >= 0.3 is 0 Å². The molecule has 0 spiro atoms. The Kier molecular flexibility index (Phi) is 6.64. The van der Waals surface area contributed by atoms with Crippen molar-refractivity contribution in [2.24, 2.45) is 0 Å². The van der Waals surface area contributed by atoms with Crippen LogP contribution in [-0.4, -0.2) is 44.1 Å². The Morgan fingerprint density at radius 2 is 2.07 bits per heavy atom. The molecule has 1 N–H and O–H groups in total. The SMILES string of the molecule is CCS[C@H]1CCC[C@H]1NCC(OC)OC. The molecule has 1 aliphatic rings. The molecule has 3 nitrogen and oxygen atoms in total. The van der Waals surface area contributed by atoms with Crippen LogP contribution in [0.15, 0.2) is 0 Å². The Hall–Kier alpha value is 0.230. The highest BCUT2D eigenvalue weighted by Crippen LogP contribution is 2.29. The van der Waals surface area contributed by atoms with Gasteiger partial charge in [-0.1, -0.05) is 13.3 Å². The Labute approximate surface area is 97.3 Å². The topological polar surface area (TPSA) is 30.5 Å². The van der Waals surface area contributed by atoms with Crippen LogP contribution in [0.4, 0.5) is 0 Å². The summed E-state index contributed by atoms with van der Waals surface area (Å²) in [5, 5.41) is 4.33. The first-order valence-electron chi connectivity index (χ1n) is 5.72. The largest absolute Gasteiger partial charge is 0.355 e. The number of ether oxygens (including phenoxy) is 2. The summed E-state index contributed by atoms with van der Waals surface area (Å²) in [5.74, 6) is 1.21. The van der Waals surface area contributed by atoms with Gasteiger partial charge in [0.25, 0.3) is 0 Å². The maximum absolute atomic E-state index is 5.16. The molecule has 0 aromatic heterocycles. The molecule has 0 aromatic carbocycles. The van der Waals surface area contributed by atoms with E-state index in [0.717, 1.165) is 11.8 Å². The van der Waals surface area contributed by atoms with E-state index in [-0.39, 0.29) is 6.29 Å². The third-order valence-corrected chi connectivity index (χ3v) is 4.23. The van der Waals surface area contributed by atoms with Gasteiger partial charge in [-0.05, 0) is 18.6 Å². The fraction of sp³-hybridized carbons (Fsp3) is 1.00. The smallest absolute Gasteiger partial charge is 0.169 e. The summed E-state index contributed by atoms with van der Waals surface area (Å²) < 4.78 is 10.3. The third kappa shape index (κ3) is 4.31. The van der Waals surface area contributed by atoms with Crippen molar-refractivity contribution < 1.29 is 9.47 Å². The second kappa shape index (κ2) is 7.49. The second-order valence-corrected chi connectivity index (χ2v) is 5.36. The van der Waals surface area contributed by atoms with Gasteiger partial charge in [-0.25, -0.2) is 0 Å². The molecule has 1 fully saturated rings. The van der Waals surface area contributed by atoms with E-state index in [0.29, 0.717) is 6.04 Å². The predicted octanol–water partition coefficient (Wildman–Crippen LogP) is 1.87. The summed E-state index contributed by atoms with van der Waals surface area (Å²) in [6.07, 6.45) is 3.87. The maximum atomic E-state index is 5.16. The molecule has 1 saturated carbocycles. The van der Waals surface area contributed by atoms with Crippen molar-refractivity contribution in [1.29, 1.82) is 0 Å². The normalized spacial score (nSPS) is 26.4. The van der Waals surface area contributed by atoms with Crippen molar-refractivity contribution in [3.63, 3.8) is 0 Å². The van der Waals surface area contributed by atoms with Crippen molar-refractivity contribution >= 4 is 11.8 Å². The maximum Gasteiger partial charge on any atom is 0.169 e. The zero-order chi connectivity index (χ0) is 11.1. The van der Waals surface area contributed by atoms with Crippen molar-refractivity contribution in [2.45, 2.75) is 43.8 Å². The quantitative estimate of drug-likeness (QED) is 0.680. The molecule has 1 rings (SSSR count). The summed E-state index contributed by atoms with van der Waals surface area (Å²) in [5.41, 5.74) is 0. The van der Waals surface area contributed by atoms with E-state index < -0.39 is 0 Å². The number of rotatable bonds is 7. The Bertz CT molecular complexity index is 165. The van der Waals surface area contributed by atoms with Gasteiger partial charge in [0, 0.05) is 32.1 Å². The van der Waals surface area contributed by atoms with Crippen molar-refractivity contribution in [1.82, 2.24) is 5.32 Å². The minimum absolute atomic E-state index is 0.113. The lowest BCUT2D eigenvalue weighted by atomic mass is 10.2. The first kappa shape index (κ1) is 13.3. The Balaban J connectivity index is 2.24. The molecule has 0 amide bonds. The van der Waals surface area contributed by atoms with Crippen LogP contribution in [0, 0.1) is 0 Å². The van der Waals surface area contributed by atoms with Crippen LogP contribution in [-0.2, 0) is 9.47 Å². The Morgan fingerprint density at radius 1 is 1.33 bits per heavy atom. The van der Waals surface area contributed by atoms with E-state index in [2.05, 4.69) is 24.0 Å². The summed E-state index contributed by atoms with van der Waals surface area (Å²) in [6, 6.07) is 0.641. The molecule has 1 aliphatic carbocycles. The van der Waals surface area contributed by atoms with E-state index in [9.17, 15) is 0 Å². The van der Waals surface area contributed by atoms with E-state index in [4.69, 9.17) is 9.47 Å². The van der Waals surface area contributed by atoms with Crippen LogP contribution in [0.5, 0.6) is 0 Å². The number of hydrogen-bond acceptors (Lipinski definition) is 4. The summed E-state index contributed by atoms with van der Waals surface area (Å²) >= 11 is 2.07. The van der Waals surface area contributed by atoms with Crippen LogP contribution in [0.2, 0.25) is 0 Å². The summed E-state index contributed by atoms with van der Waals surface area (Å²) in [4.78, 5) is 0. The summed E-state index contributed by atoms with van der Waals surface area (Å²) in [7, 11) is 3.37. The average Bonchev–Trinajstić information content (AvgIpc) is 2.68. The lowest BCUT2D eigenvalue weighted by Crippen LogP contribution is -2.40. The lowest BCUT2D eigenvalue weighted by molar-refractivity contribution is -0.0997. The number of nitrogens with one attached hydrogen (secondary N) is 1. The first-order chi connectivity index (χ1) is 7.31. The lowest BCUT2D eigenvalue weighted by Gasteiger charge is -2.22. The van der Waals surface area contributed by atoms with Crippen LogP contribution >= 0.6 is 11.8 Å². The highest BCUT2D eigenvalue weighted by molar-refractivity contribution is 7.99. The van der Waals surface area contributed by atoms with Gasteiger partial charge in [0.1, 0.15) is 0 Å². The fourth-order valence-electron chi connectivity index (χ4n) is 2.08. The third-order valence-electron chi connectivity index (χ3n) is 2.91. The zero-order valence-corrected chi connectivity index (χ0v) is 10.8. The molecule has 0 aromatic rings. The highest BCUT2D eigenvalue weighted by Gasteiger charge is 2.27. The van der Waals surface area contributed by atoms with E-state index in [1.165, 1.54) is 25.0 Å². The van der Waals surface area contributed by atoms with Gasteiger partial charge < -0.3 is 14.8 Å². The standard InChI is InChI=1S/C11H23NO2S/c1-4-15-10-7-5-6-9(10)12-8-11(13-2)14-3/h9-12H,4-8H2,1-3H3/t9-,10+/m1/s1. The molecule has 0 saturated heterocycles. The summed E-state index contributed by atoms with van der Waals surface area (Å²) in [6.45, 7) is 3.02. The first-order valence-corrected chi connectivity index (χ1v) is 6.77. The number of methoxy groups -OCH3 is 2. The van der Waals surface area contributed by atoms with Gasteiger partial charge in [0.15, 0.2) is 6.29 Å². The number of thioether (sulfide) groups is 1. The van der Waals surface area contributed by atoms with Gasteiger partial charge in [-0.2, -0.15) is 11.8 Å². The van der Waals surface area contributed by atoms with Crippen LogP contribution < -0.4 is 5.32 Å². The molecular formula is C11H23NO2S. The van der Waals surface area contributed by atoms with Crippen LogP contribution in [0.1, 0.15) is 26.2 Å². The Morgan fingerprint density at radius 3 is 2.67 bits per heavy atom. The van der Waals surface area contributed by atoms with Crippen LogP contribution in [0.25, 0.3) is 0 Å².